The van der Waals surface area contributed by atoms with Crippen LogP contribution in [0.4, 0.5) is 0 Å². The van der Waals surface area contributed by atoms with Crippen LogP contribution in [0.25, 0.3) is 0 Å². The van der Waals surface area contributed by atoms with E-state index in [0.29, 0.717) is 18.3 Å². The van der Waals surface area contributed by atoms with Crippen LogP contribution in [0, 0.1) is 6.92 Å². The summed E-state index contributed by atoms with van der Waals surface area (Å²) in [6.45, 7) is 4.29. The SMILES string of the molecule is Cc1ccc(OC2CCC(N3CCN(C)C(=O)C3)CC2)c(O)c1. The molecular formula is C18H26N2O3. The molecule has 0 bridgehead atoms. The molecule has 1 aromatic rings. The van der Waals surface area contributed by atoms with Gasteiger partial charge in [-0.05, 0) is 50.3 Å². The van der Waals surface area contributed by atoms with Crippen molar-refractivity contribution in [1.29, 1.82) is 0 Å². The predicted molar refractivity (Wildman–Crippen MR) is 88.7 cm³/mol. The average molecular weight is 318 g/mol. The Balaban J connectivity index is 1.51. The van der Waals surface area contributed by atoms with Crippen molar-refractivity contribution >= 4 is 5.91 Å². The summed E-state index contributed by atoms with van der Waals surface area (Å²) in [6, 6.07) is 6.02. The Kier molecular flexibility index (Phi) is 4.76. The summed E-state index contributed by atoms with van der Waals surface area (Å²) in [5, 5.41) is 9.96. The van der Waals surface area contributed by atoms with Gasteiger partial charge in [0.15, 0.2) is 11.5 Å². The number of likely N-dealkylation sites (N-methyl/N-ethyl adjacent to an activating group) is 1. The van der Waals surface area contributed by atoms with E-state index in [0.717, 1.165) is 44.3 Å². The second kappa shape index (κ2) is 6.79. The maximum absolute atomic E-state index is 11.8. The molecule has 1 saturated heterocycles. The molecule has 3 rings (SSSR count). The molecule has 1 aliphatic heterocycles. The molecule has 5 nitrogen and oxygen atoms in total. The zero-order valence-electron chi connectivity index (χ0n) is 14.0. The van der Waals surface area contributed by atoms with E-state index in [-0.39, 0.29) is 17.8 Å². The van der Waals surface area contributed by atoms with Gasteiger partial charge in [-0.25, -0.2) is 0 Å². The number of aromatic hydroxyl groups is 1. The molecule has 2 aliphatic rings. The Labute approximate surface area is 137 Å². The summed E-state index contributed by atoms with van der Waals surface area (Å²) >= 11 is 0. The van der Waals surface area contributed by atoms with Crippen LogP contribution in [0.15, 0.2) is 18.2 Å². The van der Waals surface area contributed by atoms with Gasteiger partial charge in [-0.1, -0.05) is 6.07 Å². The number of carbonyl (C=O) groups excluding carboxylic acids is 1. The van der Waals surface area contributed by atoms with Gasteiger partial charge in [0, 0.05) is 26.2 Å². The van der Waals surface area contributed by atoms with E-state index < -0.39 is 0 Å². The van der Waals surface area contributed by atoms with E-state index in [1.165, 1.54) is 0 Å². The highest BCUT2D eigenvalue weighted by molar-refractivity contribution is 5.78. The molecule has 126 valence electrons. The maximum atomic E-state index is 11.8. The van der Waals surface area contributed by atoms with Gasteiger partial charge in [-0.15, -0.1) is 0 Å². The van der Waals surface area contributed by atoms with E-state index in [1.807, 2.05) is 31.0 Å². The zero-order chi connectivity index (χ0) is 16.4. The molecular weight excluding hydrogens is 292 g/mol. The van der Waals surface area contributed by atoms with Crippen molar-refractivity contribution < 1.29 is 14.6 Å². The standard InChI is InChI=1S/C18H26N2O3/c1-13-3-8-17(16(21)11-13)23-15-6-4-14(5-7-15)20-10-9-19(2)18(22)12-20/h3,8,11,14-15,21H,4-7,9-10,12H2,1-2H3. The predicted octanol–water partition coefficient (Wildman–Crippen LogP) is 2.16. The van der Waals surface area contributed by atoms with Crippen LogP contribution in [0.1, 0.15) is 31.2 Å². The molecule has 0 atom stereocenters. The number of phenolic OH excluding ortho intramolecular Hbond substituents is 1. The second-order valence-corrected chi connectivity index (χ2v) is 6.81. The van der Waals surface area contributed by atoms with Gasteiger partial charge in [0.2, 0.25) is 5.91 Å². The van der Waals surface area contributed by atoms with E-state index >= 15 is 0 Å². The van der Waals surface area contributed by atoms with Crippen LogP contribution < -0.4 is 4.74 Å². The third-order valence-electron chi connectivity index (χ3n) is 5.05. The first-order valence-corrected chi connectivity index (χ1v) is 8.47. The lowest BCUT2D eigenvalue weighted by atomic mass is 9.91. The average Bonchev–Trinajstić information content (AvgIpc) is 2.53. The van der Waals surface area contributed by atoms with Crippen LogP contribution >= 0.6 is 0 Å². The molecule has 1 aromatic carbocycles. The monoisotopic (exact) mass is 318 g/mol. The molecule has 1 amide bonds. The minimum absolute atomic E-state index is 0.156. The Morgan fingerprint density at radius 2 is 1.91 bits per heavy atom. The highest BCUT2D eigenvalue weighted by atomic mass is 16.5. The molecule has 1 saturated carbocycles. The number of hydrogen-bond donors (Lipinski definition) is 1. The van der Waals surface area contributed by atoms with Crippen LogP contribution in [0.3, 0.4) is 0 Å². The third kappa shape index (κ3) is 3.78. The van der Waals surface area contributed by atoms with Crippen LogP contribution in [0.5, 0.6) is 11.5 Å². The van der Waals surface area contributed by atoms with Gasteiger partial charge >= 0.3 is 0 Å². The Bertz CT molecular complexity index is 567. The summed E-state index contributed by atoms with van der Waals surface area (Å²) in [7, 11) is 1.87. The van der Waals surface area contributed by atoms with Crippen LogP contribution in [-0.2, 0) is 4.79 Å². The van der Waals surface area contributed by atoms with Gasteiger partial charge in [0.05, 0.1) is 12.6 Å². The number of hydrogen-bond acceptors (Lipinski definition) is 4. The minimum atomic E-state index is 0.156. The summed E-state index contributed by atoms with van der Waals surface area (Å²) < 4.78 is 5.97. The molecule has 0 aromatic heterocycles. The van der Waals surface area contributed by atoms with Crippen molar-refractivity contribution in [2.24, 2.45) is 0 Å². The van der Waals surface area contributed by atoms with Gasteiger partial charge < -0.3 is 14.7 Å². The first-order valence-electron chi connectivity index (χ1n) is 8.47. The number of phenols is 1. The van der Waals surface area contributed by atoms with Crippen molar-refractivity contribution in [3.8, 4) is 11.5 Å². The largest absolute Gasteiger partial charge is 0.504 e. The summed E-state index contributed by atoms with van der Waals surface area (Å²) in [6.07, 6.45) is 4.20. The highest BCUT2D eigenvalue weighted by Crippen LogP contribution is 2.32. The Morgan fingerprint density at radius 3 is 2.57 bits per heavy atom. The molecule has 0 radical (unpaired) electrons. The Hall–Kier alpha value is -1.75. The molecule has 2 fully saturated rings. The smallest absolute Gasteiger partial charge is 0.236 e. The van der Waals surface area contributed by atoms with Crippen molar-refractivity contribution in [3.05, 3.63) is 23.8 Å². The van der Waals surface area contributed by atoms with Crippen molar-refractivity contribution in [3.63, 3.8) is 0 Å². The fourth-order valence-electron chi connectivity index (χ4n) is 3.52. The minimum Gasteiger partial charge on any atom is -0.504 e. The number of aryl methyl sites for hydroxylation is 1. The lowest BCUT2D eigenvalue weighted by Crippen LogP contribution is -2.53. The zero-order valence-corrected chi connectivity index (χ0v) is 14.0. The Morgan fingerprint density at radius 1 is 1.17 bits per heavy atom. The molecule has 0 unspecified atom stereocenters. The van der Waals surface area contributed by atoms with E-state index in [2.05, 4.69) is 4.90 Å². The van der Waals surface area contributed by atoms with E-state index in [1.54, 1.807) is 6.07 Å². The van der Waals surface area contributed by atoms with Crippen molar-refractivity contribution in [1.82, 2.24) is 9.80 Å². The maximum Gasteiger partial charge on any atom is 0.236 e. The van der Waals surface area contributed by atoms with Crippen molar-refractivity contribution in [2.45, 2.75) is 44.8 Å². The number of nitrogens with zero attached hydrogens (tertiary/aromatic N) is 2. The highest BCUT2D eigenvalue weighted by Gasteiger charge is 2.31. The van der Waals surface area contributed by atoms with E-state index in [4.69, 9.17) is 4.74 Å². The molecule has 0 spiro atoms. The first kappa shape index (κ1) is 16.1. The molecule has 1 N–H and O–H groups in total. The number of carbonyl (C=O) groups is 1. The van der Waals surface area contributed by atoms with Gasteiger partial charge in [-0.2, -0.15) is 0 Å². The summed E-state index contributed by atoms with van der Waals surface area (Å²) in [4.78, 5) is 16.0. The summed E-state index contributed by atoms with van der Waals surface area (Å²) in [5.41, 5.74) is 1.03. The normalized spacial score (nSPS) is 26.3. The van der Waals surface area contributed by atoms with E-state index in [9.17, 15) is 9.90 Å². The van der Waals surface area contributed by atoms with Crippen molar-refractivity contribution in [2.75, 3.05) is 26.7 Å². The topological polar surface area (TPSA) is 53.0 Å². The number of amides is 1. The fraction of sp³-hybridized carbons (Fsp3) is 0.611. The lowest BCUT2D eigenvalue weighted by molar-refractivity contribution is -0.135. The number of ether oxygens (including phenoxy) is 1. The lowest BCUT2D eigenvalue weighted by Gasteiger charge is -2.40. The molecule has 23 heavy (non-hydrogen) atoms. The van der Waals surface area contributed by atoms with Gasteiger partial charge in [-0.3, -0.25) is 9.69 Å². The molecule has 5 heteroatoms. The quantitative estimate of drug-likeness (QED) is 0.928. The summed E-state index contributed by atoms with van der Waals surface area (Å²) in [5.74, 6) is 1.02. The molecule has 1 aliphatic carbocycles. The molecule has 1 heterocycles. The second-order valence-electron chi connectivity index (χ2n) is 6.81. The fourth-order valence-corrected chi connectivity index (χ4v) is 3.52. The first-order chi connectivity index (χ1) is 11.0. The third-order valence-corrected chi connectivity index (χ3v) is 5.05. The van der Waals surface area contributed by atoms with Crippen LogP contribution in [0.2, 0.25) is 0 Å². The number of benzene rings is 1. The number of rotatable bonds is 3. The van der Waals surface area contributed by atoms with Crippen LogP contribution in [-0.4, -0.2) is 59.6 Å². The van der Waals surface area contributed by atoms with Gasteiger partial charge in [0.1, 0.15) is 0 Å². The number of piperazine rings is 1. The van der Waals surface area contributed by atoms with Gasteiger partial charge in [0.25, 0.3) is 0 Å².